The first-order valence-electron chi connectivity index (χ1n) is 7.95. The summed E-state index contributed by atoms with van der Waals surface area (Å²) in [4.78, 5) is 12.4. The van der Waals surface area contributed by atoms with Gasteiger partial charge in [0.1, 0.15) is 5.52 Å². The third kappa shape index (κ3) is 2.64. The number of piperazine rings is 1. The average molecular weight is 309 g/mol. The summed E-state index contributed by atoms with van der Waals surface area (Å²) in [5.74, 6) is -0.314. The van der Waals surface area contributed by atoms with Gasteiger partial charge >= 0.3 is 5.76 Å². The Bertz CT molecular complexity index is 853. The van der Waals surface area contributed by atoms with Crippen molar-refractivity contribution in [2.24, 2.45) is 0 Å². The lowest BCUT2D eigenvalue weighted by atomic mass is 10.0. The summed E-state index contributed by atoms with van der Waals surface area (Å²) < 4.78 is 7.09. The molecule has 1 N–H and O–H groups in total. The molecule has 23 heavy (non-hydrogen) atoms. The van der Waals surface area contributed by atoms with E-state index in [4.69, 9.17) is 4.42 Å². The summed E-state index contributed by atoms with van der Waals surface area (Å²) >= 11 is 0. The summed E-state index contributed by atoms with van der Waals surface area (Å²) in [6.45, 7) is 2.49. The van der Waals surface area contributed by atoms with E-state index in [1.807, 2.05) is 30.3 Å². The van der Waals surface area contributed by atoms with Gasteiger partial charge in [-0.2, -0.15) is 4.68 Å². The highest BCUT2D eigenvalue weighted by atomic mass is 16.4. The largest absolute Gasteiger partial charge is 0.438 e. The zero-order valence-corrected chi connectivity index (χ0v) is 12.8. The highest BCUT2D eigenvalue weighted by Gasteiger charge is 2.26. The van der Waals surface area contributed by atoms with Gasteiger partial charge in [0.05, 0.1) is 6.04 Å². The smallest absolute Gasteiger partial charge is 0.406 e. The standard InChI is InChI=1S/C18H19N3O2/c22-18-21(16-8-4-5-9-17(16)23-18)20-11-10-19-13-15(20)12-14-6-2-1-3-7-14/h1-9,15,19H,10-13H2. The third-order valence-electron chi connectivity index (χ3n) is 4.35. The first-order valence-corrected chi connectivity index (χ1v) is 7.95. The summed E-state index contributed by atoms with van der Waals surface area (Å²) in [5, 5.41) is 5.56. The van der Waals surface area contributed by atoms with Gasteiger partial charge in [0.25, 0.3) is 0 Å². The minimum atomic E-state index is -0.314. The number of hydrogen-bond acceptors (Lipinski definition) is 4. The summed E-state index contributed by atoms with van der Waals surface area (Å²) in [5.41, 5.74) is 2.74. The molecule has 0 amide bonds. The first-order chi connectivity index (χ1) is 11.3. The maximum absolute atomic E-state index is 12.4. The molecule has 5 heteroatoms. The molecule has 0 spiro atoms. The fourth-order valence-corrected chi connectivity index (χ4v) is 3.27. The molecular formula is C18H19N3O2. The maximum Gasteiger partial charge on any atom is 0.438 e. The molecule has 1 fully saturated rings. The minimum absolute atomic E-state index is 0.213. The number of oxazole rings is 1. The molecule has 0 bridgehead atoms. The fourth-order valence-electron chi connectivity index (χ4n) is 3.27. The normalized spacial score (nSPS) is 18.4. The summed E-state index contributed by atoms with van der Waals surface area (Å²) in [6.07, 6.45) is 0.889. The van der Waals surface area contributed by atoms with Crippen molar-refractivity contribution < 1.29 is 4.42 Å². The summed E-state index contributed by atoms with van der Waals surface area (Å²) in [6, 6.07) is 18.2. The van der Waals surface area contributed by atoms with E-state index in [9.17, 15) is 4.79 Å². The van der Waals surface area contributed by atoms with Gasteiger partial charge in [-0.3, -0.25) is 0 Å². The van der Waals surface area contributed by atoms with Gasteiger partial charge in [-0.25, -0.2) is 4.79 Å². The third-order valence-corrected chi connectivity index (χ3v) is 4.35. The van der Waals surface area contributed by atoms with Crippen LogP contribution >= 0.6 is 0 Å². The number of rotatable bonds is 3. The van der Waals surface area contributed by atoms with Crippen molar-refractivity contribution in [3.8, 4) is 0 Å². The number of fused-ring (bicyclic) bond motifs is 1. The van der Waals surface area contributed by atoms with E-state index in [1.165, 1.54) is 5.56 Å². The molecule has 1 saturated heterocycles. The van der Waals surface area contributed by atoms with Gasteiger partial charge in [0, 0.05) is 19.6 Å². The van der Waals surface area contributed by atoms with Crippen LogP contribution in [0.15, 0.2) is 63.8 Å². The van der Waals surface area contributed by atoms with Crippen molar-refractivity contribution in [2.75, 3.05) is 24.6 Å². The van der Waals surface area contributed by atoms with Gasteiger partial charge in [-0.1, -0.05) is 42.5 Å². The van der Waals surface area contributed by atoms with Crippen molar-refractivity contribution in [3.05, 3.63) is 70.7 Å². The Hall–Kier alpha value is -2.53. The van der Waals surface area contributed by atoms with E-state index in [0.717, 1.165) is 31.6 Å². The predicted molar refractivity (Wildman–Crippen MR) is 90.4 cm³/mol. The molecule has 2 aromatic carbocycles. The lowest BCUT2D eigenvalue weighted by molar-refractivity contribution is 0.374. The monoisotopic (exact) mass is 309 g/mol. The van der Waals surface area contributed by atoms with Gasteiger partial charge in [-0.05, 0) is 24.1 Å². The molecule has 2 heterocycles. The molecule has 0 radical (unpaired) electrons. The van der Waals surface area contributed by atoms with Crippen molar-refractivity contribution >= 4 is 11.1 Å². The number of aromatic nitrogens is 1. The Morgan fingerprint density at radius 1 is 1.09 bits per heavy atom. The Kier molecular flexibility index (Phi) is 3.63. The van der Waals surface area contributed by atoms with E-state index in [2.05, 4.69) is 34.6 Å². The van der Waals surface area contributed by atoms with Crippen molar-refractivity contribution in [1.29, 1.82) is 0 Å². The molecule has 1 aliphatic heterocycles. The van der Waals surface area contributed by atoms with Gasteiger partial charge in [-0.15, -0.1) is 0 Å². The quantitative estimate of drug-likeness (QED) is 0.801. The molecule has 0 saturated carbocycles. The highest BCUT2D eigenvalue weighted by Crippen LogP contribution is 2.16. The van der Waals surface area contributed by atoms with E-state index in [-0.39, 0.29) is 11.8 Å². The van der Waals surface area contributed by atoms with E-state index >= 15 is 0 Å². The highest BCUT2D eigenvalue weighted by molar-refractivity contribution is 5.73. The zero-order chi connectivity index (χ0) is 15.6. The Morgan fingerprint density at radius 3 is 2.74 bits per heavy atom. The second-order valence-corrected chi connectivity index (χ2v) is 5.86. The van der Waals surface area contributed by atoms with Crippen LogP contribution in [-0.4, -0.2) is 30.4 Å². The number of para-hydroxylation sites is 2. The van der Waals surface area contributed by atoms with Crippen LogP contribution in [0.1, 0.15) is 5.56 Å². The minimum Gasteiger partial charge on any atom is -0.406 e. The maximum atomic E-state index is 12.4. The SMILES string of the molecule is O=c1oc2ccccc2n1N1CCNCC1Cc1ccccc1. The van der Waals surface area contributed by atoms with Crippen LogP contribution < -0.4 is 16.1 Å². The molecule has 1 unspecified atom stereocenters. The van der Waals surface area contributed by atoms with Crippen LogP contribution in [-0.2, 0) is 6.42 Å². The Labute approximate surface area is 134 Å². The van der Waals surface area contributed by atoms with Crippen LogP contribution in [0.4, 0.5) is 0 Å². The molecule has 3 aromatic rings. The van der Waals surface area contributed by atoms with Crippen molar-refractivity contribution in [2.45, 2.75) is 12.5 Å². The Balaban J connectivity index is 1.72. The first kappa shape index (κ1) is 14.1. The van der Waals surface area contributed by atoms with Crippen LogP contribution in [0.5, 0.6) is 0 Å². The predicted octanol–water partition coefficient (Wildman–Crippen LogP) is 1.75. The lowest BCUT2D eigenvalue weighted by Gasteiger charge is -2.37. The Morgan fingerprint density at radius 2 is 1.87 bits per heavy atom. The van der Waals surface area contributed by atoms with Gasteiger partial charge in [0.2, 0.25) is 0 Å². The van der Waals surface area contributed by atoms with Crippen LogP contribution in [0.25, 0.3) is 11.1 Å². The number of hydrogen-bond donors (Lipinski definition) is 1. The molecule has 0 aliphatic carbocycles. The number of nitrogens with one attached hydrogen (secondary N) is 1. The number of nitrogens with zero attached hydrogens (tertiary/aromatic N) is 2. The van der Waals surface area contributed by atoms with E-state index < -0.39 is 0 Å². The van der Waals surface area contributed by atoms with E-state index in [0.29, 0.717) is 5.58 Å². The van der Waals surface area contributed by atoms with Gasteiger partial charge < -0.3 is 14.7 Å². The second-order valence-electron chi connectivity index (χ2n) is 5.86. The molecule has 1 aliphatic rings. The van der Waals surface area contributed by atoms with Gasteiger partial charge in [0.15, 0.2) is 5.58 Å². The van der Waals surface area contributed by atoms with Crippen LogP contribution in [0.2, 0.25) is 0 Å². The van der Waals surface area contributed by atoms with Crippen LogP contribution in [0, 0.1) is 0 Å². The molecule has 118 valence electrons. The van der Waals surface area contributed by atoms with Crippen molar-refractivity contribution in [3.63, 3.8) is 0 Å². The average Bonchev–Trinajstić information content (AvgIpc) is 2.92. The topological polar surface area (TPSA) is 50.4 Å². The second kappa shape index (κ2) is 5.93. The van der Waals surface area contributed by atoms with Crippen molar-refractivity contribution in [1.82, 2.24) is 9.99 Å². The van der Waals surface area contributed by atoms with Crippen LogP contribution in [0.3, 0.4) is 0 Å². The number of benzene rings is 2. The summed E-state index contributed by atoms with van der Waals surface area (Å²) in [7, 11) is 0. The molecule has 1 atom stereocenters. The lowest BCUT2D eigenvalue weighted by Crippen LogP contribution is -2.59. The van der Waals surface area contributed by atoms with E-state index in [1.54, 1.807) is 4.68 Å². The fraction of sp³-hybridized carbons (Fsp3) is 0.278. The molecule has 4 rings (SSSR count). The molecular weight excluding hydrogens is 290 g/mol. The zero-order valence-electron chi connectivity index (χ0n) is 12.8. The molecule has 5 nitrogen and oxygen atoms in total. The molecule has 1 aromatic heterocycles.